The van der Waals surface area contributed by atoms with E-state index in [9.17, 15) is 0 Å². The Morgan fingerprint density at radius 2 is 1.13 bits per heavy atom. The average Bonchev–Trinajstić information content (AvgIpc) is 2.66. The minimum absolute atomic E-state index is 0. The third-order valence-electron chi connectivity index (χ3n) is 1.93. The van der Waals surface area contributed by atoms with Crippen molar-refractivity contribution in [3.8, 4) is 0 Å². The van der Waals surface area contributed by atoms with Gasteiger partial charge in [-0.05, 0) is 66.0 Å². The summed E-state index contributed by atoms with van der Waals surface area (Å²) in [6.07, 6.45) is 2.91. The van der Waals surface area contributed by atoms with Gasteiger partial charge in [-0.25, -0.2) is 0 Å². The van der Waals surface area contributed by atoms with Gasteiger partial charge in [-0.3, -0.25) is 0 Å². The SMILES string of the molecule is CC(C)O.CC(C)O.CC(C)O.CC1=Cc2ccccc2C1.[Ti]. The molecule has 0 bridgehead atoms. The zero-order chi connectivity index (χ0) is 17.7. The van der Waals surface area contributed by atoms with Gasteiger partial charge in [-0.1, -0.05) is 35.9 Å². The van der Waals surface area contributed by atoms with E-state index in [1.165, 1.54) is 16.7 Å². The summed E-state index contributed by atoms with van der Waals surface area (Å²) in [6.45, 7) is 12.5. The molecule has 0 saturated carbocycles. The fourth-order valence-electron chi connectivity index (χ4n) is 1.45. The molecule has 1 aromatic carbocycles. The molecule has 0 spiro atoms. The molecule has 4 heteroatoms. The Labute approximate surface area is 157 Å². The van der Waals surface area contributed by atoms with E-state index in [0.717, 1.165) is 6.42 Å². The topological polar surface area (TPSA) is 60.7 Å². The summed E-state index contributed by atoms with van der Waals surface area (Å²) in [5, 5.41) is 24.2. The van der Waals surface area contributed by atoms with Crippen molar-refractivity contribution in [1.82, 2.24) is 0 Å². The fraction of sp³-hybridized carbons (Fsp3) is 0.579. The van der Waals surface area contributed by atoms with Crippen LogP contribution in [0, 0.1) is 0 Å². The number of rotatable bonds is 0. The van der Waals surface area contributed by atoms with E-state index in [-0.39, 0.29) is 40.0 Å². The smallest absolute Gasteiger partial charge is 0.0483 e. The first-order valence-electron chi connectivity index (χ1n) is 7.85. The third kappa shape index (κ3) is 23.9. The van der Waals surface area contributed by atoms with Gasteiger partial charge in [0.2, 0.25) is 0 Å². The molecule has 0 atom stereocenters. The predicted molar refractivity (Wildman–Crippen MR) is 95.9 cm³/mol. The molecule has 0 unspecified atom stereocenters. The van der Waals surface area contributed by atoms with Gasteiger partial charge >= 0.3 is 0 Å². The van der Waals surface area contributed by atoms with Crippen molar-refractivity contribution >= 4 is 6.08 Å². The Balaban J connectivity index is -0.000000264. The summed E-state index contributed by atoms with van der Waals surface area (Å²) < 4.78 is 0. The Morgan fingerprint density at radius 1 is 0.783 bits per heavy atom. The molecule has 0 heterocycles. The second-order valence-electron chi connectivity index (χ2n) is 6.15. The van der Waals surface area contributed by atoms with Crippen molar-refractivity contribution in [2.45, 2.75) is 73.2 Å². The van der Waals surface area contributed by atoms with Gasteiger partial charge < -0.3 is 15.3 Å². The number of allylic oxidation sites excluding steroid dienone is 1. The molecule has 0 aromatic heterocycles. The number of aliphatic hydroxyl groups excluding tert-OH is 3. The van der Waals surface area contributed by atoms with Crippen molar-refractivity contribution in [3.63, 3.8) is 0 Å². The maximum absolute atomic E-state index is 8.06. The molecule has 1 aliphatic rings. The summed E-state index contributed by atoms with van der Waals surface area (Å²) in [4.78, 5) is 0. The van der Waals surface area contributed by atoms with E-state index in [0.29, 0.717) is 0 Å². The molecule has 1 aromatic rings. The number of benzene rings is 1. The predicted octanol–water partition coefficient (Wildman–Crippen LogP) is 3.80. The molecule has 0 fully saturated rings. The standard InChI is InChI=1S/C10H10.3C3H8O.Ti/c1-8-6-9-4-2-3-5-10(9)7-8;3*1-3(2)4;/h2-6H,7H2,1H3;3*3-4H,1-2H3;. The van der Waals surface area contributed by atoms with Crippen LogP contribution in [0.1, 0.15) is 59.6 Å². The monoisotopic (exact) mass is 358 g/mol. The average molecular weight is 358 g/mol. The van der Waals surface area contributed by atoms with Crippen LogP contribution < -0.4 is 0 Å². The maximum atomic E-state index is 8.06. The molecule has 0 amide bonds. The van der Waals surface area contributed by atoms with Crippen LogP contribution in [0.25, 0.3) is 6.08 Å². The van der Waals surface area contributed by atoms with Gasteiger partial charge in [-0.15, -0.1) is 0 Å². The van der Waals surface area contributed by atoms with Gasteiger partial charge in [0.15, 0.2) is 0 Å². The van der Waals surface area contributed by atoms with Gasteiger partial charge in [-0.2, -0.15) is 0 Å². The second-order valence-corrected chi connectivity index (χ2v) is 6.15. The first-order valence-corrected chi connectivity index (χ1v) is 7.85. The molecule has 3 N–H and O–H groups in total. The Kier molecular flexibility index (Phi) is 19.6. The third-order valence-corrected chi connectivity index (χ3v) is 1.93. The minimum atomic E-state index is -0.167. The van der Waals surface area contributed by atoms with Crippen LogP contribution in [0.2, 0.25) is 0 Å². The number of aliphatic hydroxyl groups is 3. The van der Waals surface area contributed by atoms with E-state index >= 15 is 0 Å². The molecule has 0 saturated heterocycles. The Bertz CT molecular complexity index is 390. The Morgan fingerprint density at radius 3 is 1.48 bits per heavy atom. The number of fused-ring (bicyclic) bond motifs is 1. The van der Waals surface area contributed by atoms with Gasteiger partial charge in [0.05, 0.1) is 0 Å². The second kappa shape index (κ2) is 16.4. The van der Waals surface area contributed by atoms with Crippen LogP contribution in [0.4, 0.5) is 0 Å². The van der Waals surface area contributed by atoms with Crippen molar-refractivity contribution in [1.29, 1.82) is 0 Å². The molecule has 1 aliphatic carbocycles. The van der Waals surface area contributed by atoms with Gasteiger partial charge in [0.1, 0.15) is 0 Å². The molecule has 132 valence electrons. The van der Waals surface area contributed by atoms with Crippen molar-refractivity contribution < 1.29 is 37.0 Å². The first-order chi connectivity index (χ1) is 10.1. The van der Waals surface area contributed by atoms with E-state index in [1.807, 2.05) is 0 Å². The summed E-state index contributed by atoms with van der Waals surface area (Å²) in [5.74, 6) is 0. The molecular formula is C19H34O3Ti. The zero-order valence-corrected chi connectivity index (χ0v) is 17.2. The summed E-state index contributed by atoms with van der Waals surface area (Å²) >= 11 is 0. The summed E-state index contributed by atoms with van der Waals surface area (Å²) in [5.41, 5.74) is 4.35. The normalized spacial score (nSPS) is 11.1. The van der Waals surface area contributed by atoms with Crippen LogP contribution in [-0.2, 0) is 28.1 Å². The maximum Gasteiger partial charge on any atom is 0.0483 e. The molecule has 0 radical (unpaired) electrons. The fourth-order valence-corrected chi connectivity index (χ4v) is 1.45. The molecular weight excluding hydrogens is 324 g/mol. The largest absolute Gasteiger partial charge is 0.394 e. The van der Waals surface area contributed by atoms with E-state index in [4.69, 9.17) is 15.3 Å². The number of hydrogen-bond donors (Lipinski definition) is 3. The van der Waals surface area contributed by atoms with Crippen LogP contribution in [0.3, 0.4) is 0 Å². The quantitative estimate of drug-likeness (QED) is 0.618. The van der Waals surface area contributed by atoms with Crippen LogP contribution in [0.5, 0.6) is 0 Å². The summed E-state index contributed by atoms with van der Waals surface area (Å²) in [6, 6.07) is 8.56. The van der Waals surface area contributed by atoms with Crippen LogP contribution in [0.15, 0.2) is 29.8 Å². The molecule has 2 rings (SSSR count). The number of hydrogen-bond acceptors (Lipinski definition) is 3. The molecule has 3 nitrogen and oxygen atoms in total. The van der Waals surface area contributed by atoms with Crippen molar-refractivity contribution in [2.24, 2.45) is 0 Å². The van der Waals surface area contributed by atoms with E-state index in [2.05, 4.69) is 37.3 Å². The zero-order valence-electron chi connectivity index (χ0n) is 15.7. The van der Waals surface area contributed by atoms with Crippen LogP contribution in [-0.4, -0.2) is 33.6 Å². The minimum Gasteiger partial charge on any atom is -0.394 e. The van der Waals surface area contributed by atoms with Crippen LogP contribution >= 0.6 is 0 Å². The van der Waals surface area contributed by atoms with Crippen molar-refractivity contribution in [3.05, 3.63) is 41.0 Å². The van der Waals surface area contributed by atoms with Gasteiger partial charge in [0, 0.05) is 40.0 Å². The Hall–Kier alpha value is -0.446. The molecule has 0 aliphatic heterocycles. The molecule has 23 heavy (non-hydrogen) atoms. The van der Waals surface area contributed by atoms with Crippen molar-refractivity contribution in [2.75, 3.05) is 0 Å². The first kappa shape index (κ1) is 27.4. The summed E-state index contributed by atoms with van der Waals surface area (Å²) in [7, 11) is 0. The van der Waals surface area contributed by atoms with Gasteiger partial charge in [0.25, 0.3) is 0 Å². The van der Waals surface area contributed by atoms with E-state index in [1.54, 1.807) is 41.5 Å². The van der Waals surface area contributed by atoms with E-state index < -0.39 is 0 Å².